The predicted octanol–water partition coefficient (Wildman–Crippen LogP) is 0.473. The number of hydrogen-bond donors (Lipinski definition) is 2. The molecule has 26 heavy (non-hydrogen) atoms. The zero-order valence-corrected chi connectivity index (χ0v) is 13.9. The number of nitrogens with zero attached hydrogens (tertiary/aromatic N) is 2. The van der Waals surface area contributed by atoms with Gasteiger partial charge < -0.3 is 25.3 Å². The van der Waals surface area contributed by atoms with Crippen molar-refractivity contribution in [1.29, 1.82) is 0 Å². The van der Waals surface area contributed by atoms with Crippen LogP contribution >= 0.6 is 0 Å². The van der Waals surface area contributed by atoms with Crippen molar-refractivity contribution in [1.82, 2.24) is 15.2 Å². The molecule has 1 fully saturated rings. The van der Waals surface area contributed by atoms with E-state index in [-0.39, 0.29) is 44.2 Å². The van der Waals surface area contributed by atoms with Crippen LogP contribution in [0.2, 0.25) is 0 Å². The number of benzene rings is 1. The van der Waals surface area contributed by atoms with Crippen molar-refractivity contribution in [2.24, 2.45) is 5.73 Å². The number of amides is 3. The first-order valence-electron chi connectivity index (χ1n) is 8.24. The number of hydrogen-bond acceptors (Lipinski definition) is 6. The van der Waals surface area contributed by atoms with Crippen LogP contribution in [0.1, 0.15) is 10.4 Å². The summed E-state index contributed by atoms with van der Waals surface area (Å²) in [5, 5.41) is 4.24. The summed E-state index contributed by atoms with van der Waals surface area (Å²) in [5.41, 5.74) is 5.75. The number of primary amides is 1. The third kappa shape index (κ3) is 2.97. The Morgan fingerprint density at radius 2 is 2.19 bits per heavy atom. The lowest BCUT2D eigenvalue weighted by Gasteiger charge is -2.22. The maximum Gasteiger partial charge on any atom is 0.319 e. The molecule has 0 spiro atoms. The summed E-state index contributed by atoms with van der Waals surface area (Å²) in [6.07, 6.45) is 1.60. The Hall–Kier alpha value is -3.07. The number of nitrogens with one attached hydrogen (secondary N) is 1. The lowest BCUT2D eigenvalue weighted by Crippen LogP contribution is -2.39. The van der Waals surface area contributed by atoms with E-state index in [1.165, 1.54) is 0 Å². The number of carbonyl (C=O) groups is 2. The van der Waals surface area contributed by atoms with Crippen molar-refractivity contribution >= 4 is 22.7 Å². The molecule has 0 aliphatic carbocycles. The highest BCUT2D eigenvalue weighted by molar-refractivity contribution is 6.01. The van der Waals surface area contributed by atoms with E-state index in [9.17, 15) is 9.59 Å². The van der Waals surface area contributed by atoms with Gasteiger partial charge in [-0.3, -0.25) is 9.69 Å². The van der Waals surface area contributed by atoms with E-state index in [1.54, 1.807) is 29.3 Å². The van der Waals surface area contributed by atoms with Crippen LogP contribution in [-0.2, 0) is 4.74 Å². The minimum absolute atomic E-state index is 0.126. The molecule has 2 aliphatic heterocycles. The summed E-state index contributed by atoms with van der Waals surface area (Å²) < 4.78 is 17.1. The maximum atomic E-state index is 11.9. The Morgan fingerprint density at radius 3 is 3.04 bits per heavy atom. The second-order valence-electron chi connectivity index (χ2n) is 6.06. The van der Waals surface area contributed by atoms with Crippen LogP contribution in [0.3, 0.4) is 0 Å². The second kappa shape index (κ2) is 6.68. The van der Waals surface area contributed by atoms with Crippen molar-refractivity contribution in [3.05, 3.63) is 30.0 Å². The molecule has 2 aromatic rings. The molecule has 3 N–H and O–H groups in total. The molecule has 1 atom stereocenters. The minimum atomic E-state index is -0.580. The van der Waals surface area contributed by atoms with Crippen LogP contribution in [0.15, 0.2) is 24.4 Å². The summed E-state index contributed by atoms with van der Waals surface area (Å²) in [6.45, 7) is 1.33. The first kappa shape index (κ1) is 16.4. The number of pyridine rings is 1. The molecular weight excluding hydrogens is 340 g/mol. The molecule has 3 heterocycles. The van der Waals surface area contributed by atoms with E-state index in [0.29, 0.717) is 23.6 Å². The van der Waals surface area contributed by atoms with Crippen LogP contribution in [0.5, 0.6) is 11.6 Å². The number of ether oxygens (including phenoxy) is 3. The van der Waals surface area contributed by atoms with Gasteiger partial charge in [0, 0.05) is 18.1 Å². The fourth-order valence-corrected chi connectivity index (χ4v) is 3.05. The normalized spacial score (nSPS) is 20.2. The van der Waals surface area contributed by atoms with Gasteiger partial charge >= 0.3 is 6.03 Å². The first-order valence-corrected chi connectivity index (χ1v) is 8.24. The van der Waals surface area contributed by atoms with Crippen molar-refractivity contribution in [2.45, 2.75) is 6.04 Å². The van der Waals surface area contributed by atoms with Crippen LogP contribution in [0, 0.1) is 0 Å². The first-order chi connectivity index (χ1) is 12.6. The molecule has 136 valence electrons. The Bertz CT molecular complexity index is 872. The van der Waals surface area contributed by atoms with Crippen LogP contribution < -0.4 is 20.5 Å². The fraction of sp³-hybridized carbons (Fsp3) is 0.353. The Labute approximate surface area is 149 Å². The molecule has 4 rings (SSSR count). The van der Waals surface area contributed by atoms with Gasteiger partial charge in [0.05, 0.1) is 18.2 Å². The molecule has 3 amide bonds. The van der Waals surface area contributed by atoms with Gasteiger partial charge in [-0.25, -0.2) is 9.78 Å². The largest absolute Gasteiger partial charge is 0.490 e. The third-order valence-corrected chi connectivity index (χ3v) is 4.41. The SMILES string of the molecule is NC(=O)c1cc2ccnc3c2cc1OCCOCN1C(=O)NCC1CO3. The summed E-state index contributed by atoms with van der Waals surface area (Å²) in [4.78, 5) is 29.5. The highest BCUT2D eigenvalue weighted by Gasteiger charge is 2.31. The van der Waals surface area contributed by atoms with E-state index in [4.69, 9.17) is 19.9 Å². The van der Waals surface area contributed by atoms with E-state index in [0.717, 1.165) is 5.39 Å². The summed E-state index contributed by atoms with van der Waals surface area (Å²) >= 11 is 0. The van der Waals surface area contributed by atoms with Crippen molar-refractivity contribution in [3.8, 4) is 11.6 Å². The zero-order valence-electron chi connectivity index (χ0n) is 13.9. The number of nitrogens with two attached hydrogens (primary N) is 1. The average molecular weight is 358 g/mol. The minimum Gasteiger partial charge on any atom is -0.490 e. The topological polar surface area (TPSA) is 116 Å². The molecular formula is C17H18N4O5. The molecule has 0 saturated carbocycles. The van der Waals surface area contributed by atoms with E-state index < -0.39 is 5.91 Å². The molecule has 1 aromatic carbocycles. The highest BCUT2D eigenvalue weighted by Crippen LogP contribution is 2.31. The highest BCUT2D eigenvalue weighted by atomic mass is 16.5. The Kier molecular flexibility index (Phi) is 4.21. The van der Waals surface area contributed by atoms with Gasteiger partial charge in [0.1, 0.15) is 25.7 Å². The Morgan fingerprint density at radius 1 is 1.31 bits per heavy atom. The predicted molar refractivity (Wildman–Crippen MR) is 91.1 cm³/mol. The fourth-order valence-electron chi connectivity index (χ4n) is 3.05. The van der Waals surface area contributed by atoms with Crippen LogP contribution in [0.25, 0.3) is 10.8 Å². The summed E-state index contributed by atoms with van der Waals surface area (Å²) in [6, 6.07) is 4.77. The van der Waals surface area contributed by atoms with E-state index >= 15 is 0 Å². The lowest BCUT2D eigenvalue weighted by atomic mass is 10.1. The number of aromatic nitrogens is 1. The van der Waals surface area contributed by atoms with Crippen molar-refractivity contribution < 1.29 is 23.8 Å². The van der Waals surface area contributed by atoms with Crippen molar-refractivity contribution in [2.75, 3.05) is 33.1 Å². The number of fused-ring (bicyclic) bond motifs is 2. The van der Waals surface area contributed by atoms with Gasteiger partial charge in [0.25, 0.3) is 5.91 Å². The molecule has 9 nitrogen and oxygen atoms in total. The molecule has 9 heteroatoms. The van der Waals surface area contributed by atoms with E-state index in [1.807, 2.05) is 0 Å². The van der Waals surface area contributed by atoms with Gasteiger partial charge in [-0.1, -0.05) is 0 Å². The second-order valence-corrected chi connectivity index (χ2v) is 6.06. The van der Waals surface area contributed by atoms with Gasteiger partial charge in [0.15, 0.2) is 0 Å². The van der Waals surface area contributed by atoms with Crippen LogP contribution in [0.4, 0.5) is 4.79 Å². The van der Waals surface area contributed by atoms with E-state index in [2.05, 4.69) is 10.3 Å². The van der Waals surface area contributed by atoms with Crippen LogP contribution in [-0.4, -0.2) is 61.0 Å². The summed E-state index contributed by atoms with van der Waals surface area (Å²) in [7, 11) is 0. The van der Waals surface area contributed by atoms with Gasteiger partial charge in [-0.15, -0.1) is 0 Å². The monoisotopic (exact) mass is 358 g/mol. The zero-order chi connectivity index (χ0) is 18.1. The average Bonchev–Trinajstić information content (AvgIpc) is 2.98. The lowest BCUT2D eigenvalue weighted by molar-refractivity contribution is 0.0196. The van der Waals surface area contributed by atoms with Crippen molar-refractivity contribution in [3.63, 3.8) is 0 Å². The quantitative estimate of drug-likeness (QED) is 0.766. The Balaban J connectivity index is 1.74. The molecule has 1 unspecified atom stereocenters. The number of carbonyl (C=O) groups excluding carboxylic acids is 2. The van der Waals surface area contributed by atoms with Gasteiger partial charge in [0.2, 0.25) is 5.88 Å². The molecule has 1 saturated heterocycles. The number of urea groups is 1. The summed E-state index contributed by atoms with van der Waals surface area (Å²) in [5.74, 6) is 0.176. The standard InChI is InChI=1S/C17H18N4O5/c18-15(22)13-5-10-1-2-19-16-12(10)6-14(13)25-4-3-24-9-21-11(8-26-16)7-20-17(21)23/h1-2,5-6,11H,3-4,7-9H2,(H2,18,22)(H,20,23). The number of rotatable bonds is 1. The smallest absolute Gasteiger partial charge is 0.319 e. The van der Waals surface area contributed by atoms with Gasteiger partial charge in [-0.05, 0) is 23.6 Å². The molecule has 2 aliphatic rings. The molecule has 1 aromatic heterocycles. The van der Waals surface area contributed by atoms with Gasteiger partial charge in [-0.2, -0.15) is 0 Å². The molecule has 2 bridgehead atoms. The third-order valence-electron chi connectivity index (χ3n) is 4.41. The maximum absolute atomic E-state index is 11.9. The molecule has 0 radical (unpaired) electrons.